The summed E-state index contributed by atoms with van der Waals surface area (Å²) in [6.45, 7) is 4.35. The predicted octanol–water partition coefficient (Wildman–Crippen LogP) is 1.23. The fourth-order valence-electron chi connectivity index (χ4n) is 1.57. The lowest BCUT2D eigenvalue weighted by Gasteiger charge is -2.04. The van der Waals surface area contributed by atoms with Gasteiger partial charge in [-0.15, -0.1) is 0 Å². The molecule has 0 atom stereocenters. The fraction of sp³-hybridized carbons (Fsp3) is 0.545. The minimum atomic E-state index is 0.417. The van der Waals surface area contributed by atoms with Gasteiger partial charge in [-0.2, -0.15) is 0 Å². The quantitative estimate of drug-likeness (QED) is 0.762. The van der Waals surface area contributed by atoms with E-state index in [0.29, 0.717) is 17.9 Å². The minimum absolute atomic E-state index is 0.417. The van der Waals surface area contributed by atoms with Gasteiger partial charge < -0.3 is 15.0 Å². The summed E-state index contributed by atoms with van der Waals surface area (Å²) in [5.41, 5.74) is 7.12. The van der Waals surface area contributed by atoms with Crippen molar-refractivity contribution in [2.45, 2.75) is 26.3 Å². The lowest BCUT2D eigenvalue weighted by Crippen LogP contribution is -2.06. The van der Waals surface area contributed by atoms with Gasteiger partial charge in [-0.25, -0.2) is 15.0 Å². The summed E-state index contributed by atoms with van der Waals surface area (Å²) < 4.78 is 7.43. The van der Waals surface area contributed by atoms with Crippen LogP contribution < -0.4 is 5.73 Å². The summed E-state index contributed by atoms with van der Waals surface area (Å²) >= 11 is 0. The predicted molar refractivity (Wildman–Crippen MR) is 65.5 cm³/mol. The Balaban J connectivity index is 1.97. The molecule has 6 heteroatoms. The molecule has 0 saturated carbocycles. The smallest absolute Gasteiger partial charge is 0.165 e. The van der Waals surface area contributed by atoms with Crippen LogP contribution in [-0.4, -0.2) is 32.7 Å². The van der Waals surface area contributed by atoms with Gasteiger partial charge in [0.25, 0.3) is 0 Å². The van der Waals surface area contributed by atoms with Gasteiger partial charge >= 0.3 is 0 Å². The van der Waals surface area contributed by atoms with E-state index < -0.39 is 0 Å². The number of nitrogen functional groups attached to an aromatic ring is 1. The van der Waals surface area contributed by atoms with Crippen molar-refractivity contribution >= 4 is 17.0 Å². The lowest BCUT2D eigenvalue weighted by molar-refractivity contribution is 0.124. The molecule has 92 valence electrons. The summed E-state index contributed by atoms with van der Waals surface area (Å²) in [5.74, 6) is 0.417. The minimum Gasteiger partial charge on any atom is -0.382 e. The molecular formula is C11H17N5O. The summed E-state index contributed by atoms with van der Waals surface area (Å²) in [6, 6.07) is 0. The Bertz CT molecular complexity index is 482. The van der Waals surface area contributed by atoms with Crippen LogP contribution in [0.15, 0.2) is 12.7 Å². The van der Waals surface area contributed by atoms with E-state index in [1.165, 1.54) is 6.33 Å². The normalized spacial score (nSPS) is 11.1. The van der Waals surface area contributed by atoms with Crippen LogP contribution in [0.2, 0.25) is 0 Å². The van der Waals surface area contributed by atoms with Crippen molar-refractivity contribution in [2.24, 2.45) is 0 Å². The highest BCUT2D eigenvalue weighted by atomic mass is 16.5. The fourth-order valence-corrected chi connectivity index (χ4v) is 1.57. The first-order valence-corrected chi connectivity index (χ1v) is 5.82. The monoisotopic (exact) mass is 235 g/mol. The Morgan fingerprint density at radius 3 is 3.00 bits per heavy atom. The Labute approximate surface area is 99.8 Å². The molecule has 2 rings (SSSR count). The molecule has 2 aromatic rings. The second kappa shape index (κ2) is 5.58. The van der Waals surface area contributed by atoms with Gasteiger partial charge in [0.15, 0.2) is 11.5 Å². The van der Waals surface area contributed by atoms with E-state index in [-0.39, 0.29) is 0 Å². The number of fused-ring (bicyclic) bond motifs is 1. The van der Waals surface area contributed by atoms with Gasteiger partial charge in [-0.1, -0.05) is 13.3 Å². The second-order valence-corrected chi connectivity index (χ2v) is 3.84. The summed E-state index contributed by atoms with van der Waals surface area (Å²) in [4.78, 5) is 12.3. The summed E-state index contributed by atoms with van der Waals surface area (Å²) in [6.07, 6.45) is 5.42. The average molecular weight is 235 g/mol. The van der Waals surface area contributed by atoms with E-state index in [0.717, 1.165) is 31.6 Å². The van der Waals surface area contributed by atoms with E-state index in [1.54, 1.807) is 6.33 Å². The molecule has 0 aliphatic rings. The largest absolute Gasteiger partial charge is 0.382 e. The van der Waals surface area contributed by atoms with Crippen LogP contribution in [0, 0.1) is 0 Å². The molecule has 2 heterocycles. The highest BCUT2D eigenvalue weighted by Crippen LogP contribution is 2.13. The second-order valence-electron chi connectivity index (χ2n) is 3.84. The van der Waals surface area contributed by atoms with E-state index >= 15 is 0 Å². The standard InChI is InChI=1S/C11H17N5O/c1-2-3-5-17-6-4-16-8-15-9-10(12)13-7-14-11(9)16/h7-8H,2-6H2,1H3,(H2,12,13,14). The zero-order valence-electron chi connectivity index (χ0n) is 9.96. The van der Waals surface area contributed by atoms with Crippen molar-refractivity contribution in [1.82, 2.24) is 19.5 Å². The molecule has 2 aromatic heterocycles. The first-order valence-electron chi connectivity index (χ1n) is 5.82. The molecule has 0 aliphatic heterocycles. The third-order valence-corrected chi connectivity index (χ3v) is 2.55. The van der Waals surface area contributed by atoms with Gasteiger partial charge in [0, 0.05) is 13.2 Å². The number of unbranched alkanes of at least 4 members (excludes halogenated alkanes) is 1. The number of nitrogens with two attached hydrogens (primary N) is 1. The zero-order chi connectivity index (χ0) is 12.1. The van der Waals surface area contributed by atoms with Gasteiger partial charge in [-0.05, 0) is 6.42 Å². The van der Waals surface area contributed by atoms with Crippen molar-refractivity contribution in [3.63, 3.8) is 0 Å². The molecule has 0 bridgehead atoms. The van der Waals surface area contributed by atoms with Crippen molar-refractivity contribution < 1.29 is 4.74 Å². The maximum absolute atomic E-state index is 5.71. The number of hydrogen-bond donors (Lipinski definition) is 1. The van der Waals surface area contributed by atoms with Gasteiger partial charge in [0.1, 0.15) is 11.8 Å². The molecule has 17 heavy (non-hydrogen) atoms. The van der Waals surface area contributed by atoms with Crippen molar-refractivity contribution in [2.75, 3.05) is 18.9 Å². The Hall–Kier alpha value is -1.69. The Morgan fingerprint density at radius 1 is 1.29 bits per heavy atom. The molecule has 0 unspecified atom stereocenters. The third kappa shape index (κ3) is 2.71. The molecule has 2 N–H and O–H groups in total. The molecule has 0 aliphatic carbocycles. The SMILES string of the molecule is CCCCOCCn1cnc2c(N)ncnc21. The van der Waals surface area contributed by atoms with E-state index in [9.17, 15) is 0 Å². The van der Waals surface area contributed by atoms with Gasteiger partial charge in [0.05, 0.1) is 12.9 Å². The Kier molecular flexibility index (Phi) is 3.87. The van der Waals surface area contributed by atoms with Crippen LogP contribution in [0.5, 0.6) is 0 Å². The number of nitrogens with zero attached hydrogens (tertiary/aromatic N) is 4. The molecule has 0 saturated heterocycles. The number of imidazole rings is 1. The number of hydrogen-bond acceptors (Lipinski definition) is 5. The number of anilines is 1. The molecule has 6 nitrogen and oxygen atoms in total. The van der Waals surface area contributed by atoms with Crippen molar-refractivity contribution in [3.8, 4) is 0 Å². The number of aromatic nitrogens is 4. The highest BCUT2D eigenvalue weighted by Gasteiger charge is 2.06. The van der Waals surface area contributed by atoms with Crippen LogP contribution in [0.25, 0.3) is 11.2 Å². The number of ether oxygens (including phenoxy) is 1. The van der Waals surface area contributed by atoms with Crippen molar-refractivity contribution in [3.05, 3.63) is 12.7 Å². The molecular weight excluding hydrogens is 218 g/mol. The molecule has 0 aromatic carbocycles. The highest BCUT2D eigenvalue weighted by molar-refractivity contribution is 5.80. The summed E-state index contributed by atoms with van der Waals surface area (Å²) in [5, 5.41) is 0. The van der Waals surface area contributed by atoms with Crippen LogP contribution in [0.4, 0.5) is 5.82 Å². The van der Waals surface area contributed by atoms with Gasteiger partial charge in [-0.3, -0.25) is 0 Å². The molecule has 0 fully saturated rings. The van der Waals surface area contributed by atoms with E-state index in [4.69, 9.17) is 10.5 Å². The van der Waals surface area contributed by atoms with Gasteiger partial charge in [0.2, 0.25) is 0 Å². The zero-order valence-corrected chi connectivity index (χ0v) is 9.96. The Morgan fingerprint density at radius 2 is 2.18 bits per heavy atom. The van der Waals surface area contributed by atoms with E-state index in [1.807, 2.05) is 4.57 Å². The van der Waals surface area contributed by atoms with Crippen LogP contribution >= 0.6 is 0 Å². The molecule has 0 spiro atoms. The topological polar surface area (TPSA) is 78.9 Å². The average Bonchev–Trinajstić information content (AvgIpc) is 2.74. The van der Waals surface area contributed by atoms with Crippen LogP contribution in [-0.2, 0) is 11.3 Å². The first-order chi connectivity index (χ1) is 8.33. The lowest BCUT2D eigenvalue weighted by atomic mass is 10.4. The summed E-state index contributed by atoms with van der Waals surface area (Å²) in [7, 11) is 0. The van der Waals surface area contributed by atoms with Crippen LogP contribution in [0.3, 0.4) is 0 Å². The molecule has 0 radical (unpaired) electrons. The molecule has 0 amide bonds. The first kappa shape index (κ1) is 11.8. The maximum atomic E-state index is 5.71. The maximum Gasteiger partial charge on any atom is 0.165 e. The van der Waals surface area contributed by atoms with Crippen molar-refractivity contribution in [1.29, 1.82) is 0 Å². The number of rotatable bonds is 6. The van der Waals surface area contributed by atoms with E-state index in [2.05, 4.69) is 21.9 Å². The third-order valence-electron chi connectivity index (χ3n) is 2.55. The van der Waals surface area contributed by atoms with Crippen LogP contribution in [0.1, 0.15) is 19.8 Å².